The van der Waals surface area contributed by atoms with Crippen molar-refractivity contribution in [1.29, 1.82) is 0 Å². The fourth-order valence-corrected chi connectivity index (χ4v) is 4.30. The van der Waals surface area contributed by atoms with Crippen molar-refractivity contribution in [3.63, 3.8) is 0 Å². The smallest absolute Gasteiger partial charge is 0.191 e. The third kappa shape index (κ3) is 5.80. The highest BCUT2D eigenvalue weighted by Crippen LogP contribution is 2.25. The fourth-order valence-electron chi connectivity index (χ4n) is 3.10. The minimum Gasteiger partial charge on any atom is -0.357 e. The molecule has 1 aliphatic heterocycles. The minimum atomic E-state index is 0.592. The molecule has 26 heavy (non-hydrogen) atoms. The van der Waals surface area contributed by atoms with Gasteiger partial charge in [-0.3, -0.25) is 0 Å². The SMILES string of the molecule is CCNC(=NCc1nccn1CCc1ccccc1)NCC1CCCS1. The first-order valence-corrected chi connectivity index (χ1v) is 10.6. The second kappa shape index (κ2) is 10.3. The predicted octanol–water partition coefficient (Wildman–Crippen LogP) is 3.08. The lowest BCUT2D eigenvalue weighted by molar-refractivity contribution is 0.649. The number of rotatable bonds is 8. The molecular formula is C20H29N5S. The molecule has 0 saturated carbocycles. The monoisotopic (exact) mass is 371 g/mol. The molecule has 2 N–H and O–H groups in total. The third-order valence-corrected chi connectivity index (χ3v) is 5.93. The molecule has 1 aliphatic rings. The van der Waals surface area contributed by atoms with Crippen molar-refractivity contribution in [2.45, 2.75) is 44.5 Å². The second-order valence-corrected chi connectivity index (χ2v) is 7.89. The van der Waals surface area contributed by atoms with Crippen LogP contribution in [0.25, 0.3) is 0 Å². The molecule has 1 fully saturated rings. The van der Waals surface area contributed by atoms with E-state index in [-0.39, 0.29) is 0 Å². The number of nitrogens with one attached hydrogen (secondary N) is 2. The second-order valence-electron chi connectivity index (χ2n) is 6.48. The van der Waals surface area contributed by atoms with Crippen molar-refractivity contribution in [3.8, 4) is 0 Å². The van der Waals surface area contributed by atoms with Crippen LogP contribution in [0.15, 0.2) is 47.7 Å². The van der Waals surface area contributed by atoms with Crippen LogP contribution in [0, 0.1) is 0 Å². The highest BCUT2D eigenvalue weighted by atomic mass is 32.2. The molecule has 0 amide bonds. The van der Waals surface area contributed by atoms with Crippen molar-refractivity contribution in [1.82, 2.24) is 20.2 Å². The lowest BCUT2D eigenvalue weighted by Crippen LogP contribution is -2.40. The molecule has 1 unspecified atom stereocenters. The zero-order chi connectivity index (χ0) is 18.0. The molecule has 3 rings (SSSR count). The molecule has 2 aromatic rings. The normalized spacial score (nSPS) is 17.4. The van der Waals surface area contributed by atoms with E-state index in [9.17, 15) is 0 Å². The van der Waals surface area contributed by atoms with E-state index in [1.165, 1.54) is 24.2 Å². The van der Waals surface area contributed by atoms with E-state index in [0.29, 0.717) is 11.8 Å². The Labute approximate surface area is 160 Å². The van der Waals surface area contributed by atoms with Crippen LogP contribution >= 0.6 is 11.8 Å². The van der Waals surface area contributed by atoms with E-state index < -0.39 is 0 Å². The molecule has 6 heteroatoms. The van der Waals surface area contributed by atoms with Crippen LogP contribution in [0.3, 0.4) is 0 Å². The zero-order valence-corrected chi connectivity index (χ0v) is 16.3. The maximum atomic E-state index is 4.73. The summed E-state index contributed by atoms with van der Waals surface area (Å²) in [6.45, 7) is 5.47. The molecule has 2 heterocycles. The number of benzene rings is 1. The molecule has 0 aliphatic carbocycles. The summed E-state index contributed by atoms with van der Waals surface area (Å²) in [7, 11) is 0. The Morgan fingerprint density at radius 1 is 1.31 bits per heavy atom. The van der Waals surface area contributed by atoms with Crippen molar-refractivity contribution in [2.24, 2.45) is 4.99 Å². The molecule has 1 atom stereocenters. The number of thioether (sulfide) groups is 1. The summed E-state index contributed by atoms with van der Waals surface area (Å²) >= 11 is 2.06. The number of aryl methyl sites for hydroxylation is 2. The topological polar surface area (TPSA) is 54.2 Å². The van der Waals surface area contributed by atoms with Crippen LogP contribution in [-0.2, 0) is 19.5 Å². The number of aromatic nitrogens is 2. The first-order chi connectivity index (χ1) is 12.8. The van der Waals surface area contributed by atoms with Gasteiger partial charge in [0.15, 0.2) is 5.96 Å². The number of aliphatic imine (C=N–C) groups is 1. The maximum absolute atomic E-state index is 4.73. The maximum Gasteiger partial charge on any atom is 0.191 e. The molecule has 1 saturated heterocycles. The Morgan fingerprint density at radius 2 is 2.19 bits per heavy atom. The van der Waals surface area contributed by atoms with Gasteiger partial charge in [0.1, 0.15) is 12.4 Å². The Morgan fingerprint density at radius 3 is 2.96 bits per heavy atom. The number of imidazole rings is 1. The molecule has 1 aromatic carbocycles. The Kier molecular flexibility index (Phi) is 7.43. The molecular weight excluding hydrogens is 342 g/mol. The van der Waals surface area contributed by atoms with E-state index in [1.807, 2.05) is 12.4 Å². The van der Waals surface area contributed by atoms with Gasteiger partial charge in [0.05, 0.1) is 0 Å². The number of nitrogens with zero attached hydrogens (tertiary/aromatic N) is 3. The summed E-state index contributed by atoms with van der Waals surface area (Å²) < 4.78 is 2.20. The van der Waals surface area contributed by atoms with E-state index in [0.717, 1.165) is 37.8 Å². The van der Waals surface area contributed by atoms with Gasteiger partial charge in [-0.1, -0.05) is 30.3 Å². The zero-order valence-electron chi connectivity index (χ0n) is 15.5. The van der Waals surface area contributed by atoms with E-state index in [2.05, 4.69) is 69.2 Å². The predicted molar refractivity (Wildman–Crippen MR) is 111 cm³/mol. The van der Waals surface area contributed by atoms with Gasteiger partial charge in [0.25, 0.3) is 0 Å². The van der Waals surface area contributed by atoms with Gasteiger partial charge < -0.3 is 15.2 Å². The van der Waals surface area contributed by atoms with Gasteiger partial charge in [-0.05, 0) is 37.5 Å². The number of hydrogen-bond acceptors (Lipinski definition) is 3. The highest BCUT2D eigenvalue weighted by molar-refractivity contribution is 8.00. The number of guanidine groups is 1. The Bertz CT molecular complexity index is 677. The van der Waals surface area contributed by atoms with E-state index >= 15 is 0 Å². The van der Waals surface area contributed by atoms with Gasteiger partial charge in [0.2, 0.25) is 0 Å². The summed E-state index contributed by atoms with van der Waals surface area (Å²) in [5.74, 6) is 3.18. The lowest BCUT2D eigenvalue weighted by Gasteiger charge is -2.14. The molecule has 0 radical (unpaired) electrons. The summed E-state index contributed by atoms with van der Waals surface area (Å²) in [5, 5.41) is 7.54. The van der Waals surface area contributed by atoms with Crippen molar-refractivity contribution < 1.29 is 0 Å². The van der Waals surface area contributed by atoms with Gasteiger partial charge in [-0.25, -0.2) is 9.98 Å². The molecule has 0 spiro atoms. The van der Waals surface area contributed by atoms with Crippen LogP contribution in [0.1, 0.15) is 31.2 Å². The van der Waals surface area contributed by atoms with Crippen LogP contribution in [0.2, 0.25) is 0 Å². The highest BCUT2D eigenvalue weighted by Gasteiger charge is 2.15. The Hall–Kier alpha value is -1.95. The Balaban J connectivity index is 1.54. The standard InChI is InChI=1S/C20H29N5S/c1-2-21-20(23-15-18-9-6-14-26-18)24-16-19-22-11-13-25(19)12-10-17-7-4-3-5-8-17/h3-5,7-8,11,13,18H,2,6,9-10,12,14-16H2,1H3,(H2,21,23,24). The number of hydrogen-bond donors (Lipinski definition) is 2. The average Bonchev–Trinajstić information content (AvgIpc) is 3.35. The van der Waals surface area contributed by atoms with Crippen LogP contribution in [-0.4, -0.2) is 39.6 Å². The summed E-state index contributed by atoms with van der Waals surface area (Å²) in [5.41, 5.74) is 1.35. The van der Waals surface area contributed by atoms with Gasteiger partial charge in [0, 0.05) is 37.3 Å². The average molecular weight is 372 g/mol. The first kappa shape index (κ1) is 18.8. The molecule has 5 nitrogen and oxygen atoms in total. The van der Waals surface area contributed by atoms with Gasteiger partial charge in [-0.2, -0.15) is 11.8 Å². The fraction of sp³-hybridized carbons (Fsp3) is 0.500. The van der Waals surface area contributed by atoms with Gasteiger partial charge in [-0.15, -0.1) is 0 Å². The third-order valence-electron chi connectivity index (χ3n) is 4.53. The quantitative estimate of drug-likeness (QED) is 0.553. The van der Waals surface area contributed by atoms with E-state index in [4.69, 9.17) is 4.99 Å². The van der Waals surface area contributed by atoms with Crippen molar-refractivity contribution in [3.05, 3.63) is 54.1 Å². The summed E-state index contributed by atoms with van der Waals surface area (Å²) in [6.07, 6.45) is 7.56. The van der Waals surface area contributed by atoms with Crippen molar-refractivity contribution >= 4 is 17.7 Å². The van der Waals surface area contributed by atoms with E-state index in [1.54, 1.807) is 0 Å². The summed E-state index contributed by atoms with van der Waals surface area (Å²) in [4.78, 5) is 9.23. The van der Waals surface area contributed by atoms with Crippen LogP contribution in [0.4, 0.5) is 0 Å². The lowest BCUT2D eigenvalue weighted by atomic mass is 10.1. The van der Waals surface area contributed by atoms with Crippen LogP contribution in [0.5, 0.6) is 0 Å². The summed E-state index contributed by atoms with van der Waals surface area (Å²) in [6, 6.07) is 10.6. The minimum absolute atomic E-state index is 0.592. The molecule has 140 valence electrons. The molecule has 0 bridgehead atoms. The van der Waals surface area contributed by atoms with Gasteiger partial charge >= 0.3 is 0 Å². The van der Waals surface area contributed by atoms with Crippen molar-refractivity contribution in [2.75, 3.05) is 18.8 Å². The van der Waals surface area contributed by atoms with Crippen LogP contribution < -0.4 is 10.6 Å². The molecule has 1 aromatic heterocycles. The largest absolute Gasteiger partial charge is 0.357 e. The first-order valence-electron chi connectivity index (χ1n) is 9.53.